The van der Waals surface area contributed by atoms with Crippen molar-refractivity contribution in [3.63, 3.8) is 0 Å². The van der Waals surface area contributed by atoms with Gasteiger partial charge in [0, 0.05) is 39.1 Å². The highest BCUT2D eigenvalue weighted by Gasteiger charge is 2.33. The second kappa shape index (κ2) is 7.36. The molecule has 164 valence electrons. The highest BCUT2D eigenvalue weighted by Crippen LogP contribution is 2.40. The summed E-state index contributed by atoms with van der Waals surface area (Å²) in [4.78, 5) is 0. The Morgan fingerprint density at radius 2 is 1.73 bits per heavy atom. The number of fused-ring (bicyclic) bond motifs is 5. The lowest BCUT2D eigenvalue weighted by molar-refractivity contribution is 0.244. The van der Waals surface area contributed by atoms with Crippen molar-refractivity contribution in [2.24, 2.45) is 5.92 Å². The minimum Gasteiger partial charge on any atom is -0.389 e. The SMILES string of the molecule is OC1C=c2c3c(n(-c4ccccc4)c2=CC1)CCC(C1=CC2=C(CC1)NC1C=CC=CC21)=C3. The number of hydrogen-bond acceptors (Lipinski definition) is 2. The number of nitrogens with zero attached hydrogens (tertiary/aromatic N) is 1. The maximum atomic E-state index is 10.4. The van der Waals surface area contributed by atoms with Crippen LogP contribution < -0.4 is 15.9 Å². The van der Waals surface area contributed by atoms with Gasteiger partial charge >= 0.3 is 0 Å². The normalized spacial score (nSPS) is 26.8. The third kappa shape index (κ3) is 2.99. The smallest absolute Gasteiger partial charge is 0.0765 e. The molecule has 3 nitrogen and oxygen atoms in total. The Balaban J connectivity index is 1.35. The van der Waals surface area contributed by atoms with Gasteiger partial charge in [-0.3, -0.25) is 0 Å². The second-order valence-electron chi connectivity index (χ2n) is 9.74. The lowest BCUT2D eigenvalue weighted by Crippen LogP contribution is -2.34. The van der Waals surface area contributed by atoms with E-state index in [4.69, 9.17) is 0 Å². The van der Waals surface area contributed by atoms with Crippen molar-refractivity contribution in [1.29, 1.82) is 0 Å². The summed E-state index contributed by atoms with van der Waals surface area (Å²) in [6, 6.07) is 11.1. The number of rotatable bonds is 2. The van der Waals surface area contributed by atoms with E-state index in [2.05, 4.69) is 88.8 Å². The molecule has 0 saturated carbocycles. The van der Waals surface area contributed by atoms with Crippen LogP contribution in [0.5, 0.6) is 0 Å². The number of allylic oxidation sites excluding steroid dienone is 6. The van der Waals surface area contributed by atoms with Crippen molar-refractivity contribution in [3.05, 3.63) is 105 Å². The summed E-state index contributed by atoms with van der Waals surface area (Å²) in [7, 11) is 0. The molecule has 1 aliphatic heterocycles. The fraction of sp³-hybridized carbons (Fsp3) is 0.267. The summed E-state index contributed by atoms with van der Waals surface area (Å²) in [5, 5.41) is 16.6. The van der Waals surface area contributed by atoms with Crippen LogP contribution in [0.2, 0.25) is 0 Å². The summed E-state index contributed by atoms with van der Waals surface area (Å²) in [6.45, 7) is 0. The Hall–Kier alpha value is -3.30. The lowest BCUT2D eigenvalue weighted by atomic mass is 9.82. The molecule has 3 atom stereocenters. The molecule has 5 aliphatic rings. The van der Waals surface area contributed by atoms with Crippen LogP contribution in [0.1, 0.15) is 36.9 Å². The van der Waals surface area contributed by atoms with Crippen molar-refractivity contribution in [1.82, 2.24) is 9.88 Å². The Morgan fingerprint density at radius 1 is 0.909 bits per heavy atom. The van der Waals surface area contributed by atoms with E-state index in [1.807, 2.05) is 0 Å². The lowest BCUT2D eigenvalue weighted by Gasteiger charge is -2.23. The van der Waals surface area contributed by atoms with Gasteiger partial charge in [-0.1, -0.05) is 54.7 Å². The fourth-order valence-electron chi connectivity index (χ4n) is 6.28. The van der Waals surface area contributed by atoms with Gasteiger partial charge in [0.15, 0.2) is 0 Å². The monoisotopic (exact) mass is 432 g/mol. The van der Waals surface area contributed by atoms with Gasteiger partial charge < -0.3 is 15.0 Å². The number of hydrogen-bond donors (Lipinski definition) is 2. The number of nitrogens with one attached hydrogen (secondary N) is 1. The van der Waals surface area contributed by atoms with E-state index < -0.39 is 6.10 Å². The molecule has 0 saturated heterocycles. The summed E-state index contributed by atoms with van der Waals surface area (Å²) in [5.74, 6) is 0.463. The van der Waals surface area contributed by atoms with Crippen LogP contribution in [0.3, 0.4) is 0 Å². The number of aromatic nitrogens is 1. The zero-order valence-corrected chi connectivity index (χ0v) is 18.7. The first kappa shape index (κ1) is 19.2. The van der Waals surface area contributed by atoms with E-state index in [-0.39, 0.29) is 0 Å². The van der Waals surface area contributed by atoms with Crippen molar-refractivity contribution in [2.75, 3.05) is 0 Å². The van der Waals surface area contributed by atoms with Gasteiger partial charge in [-0.2, -0.15) is 0 Å². The molecule has 2 aromatic rings. The van der Waals surface area contributed by atoms with Crippen LogP contribution in [0.15, 0.2) is 83.1 Å². The second-order valence-corrected chi connectivity index (χ2v) is 9.74. The quantitative estimate of drug-likeness (QED) is 0.757. The van der Waals surface area contributed by atoms with E-state index in [0.29, 0.717) is 18.4 Å². The van der Waals surface area contributed by atoms with E-state index >= 15 is 0 Å². The molecule has 0 spiro atoms. The van der Waals surface area contributed by atoms with Crippen LogP contribution in [-0.4, -0.2) is 21.8 Å². The molecular weight excluding hydrogens is 404 g/mol. The maximum absolute atomic E-state index is 10.4. The number of aliphatic hydroxyl groups excluding tert-OH is 1. The highest BCUT2D eigenvalue weighted by molar-refractivity contribution is 5.69. The Kier molecular flexibility index (Phi) is 4.28. The molecule has 7 rings (SSSR count). The minimum absolute atomic E-state index is 0.402. The largest absolute Gasteiger partial charge is 0.389 e. The molecule has 0 bridgehead atoms. The molecule has 3 unspecified atom stereocenters. The van der Waals surface area contributed by atoms with Crippen molar-refractivity contribution >= 4 is 18.2 Å². The van der Waals surface area contributed by atoms with Gasteiger partial charge in [0.25, 0.3) is 0 Å². The average molecular weight is 433 g/mol. The summed E-state index contributed by atoms with van der Waals surface area (Å²) >= 11 is 0. The molecule has 4 aliphatic carbocycles. The maximum Gasteiger partial charge on any atom is 0.0765 e. The standard InChI is InChI=1S/C30H28N2O/c33-22-12-15-30-26(18-22)25-17-20(11-14-29(25)32(30)21-6-2-1-3-7-21)19-10-13-28-24(16-19)23-8-4-5-9-27(23)31-28/h1-9,15-18,22-23,27,31,33H,10-14H2. The van der Waals surface area contributed by atoms with Crippen LogP contribution in [0.4, 0.5) is 0 Å². The third-order valence-electron chi connectivity index (χ3n) is 7.83. The number of benzene rings is 1. The van der Waals surface area contributed by atoms with Gasteiger partial charge in [-0.05, 0) is 73.1 Å². The van der Waals surface area contributed by atoms with Gasteiger partial charge in [0.2, 0.25) is 0 Å². The van der Waals surface area contributed by atoms with Crippen molar-refractivity contribution in [3.8, 4) is 5.69 Å². The highest BCUT2D eigenvalue weighted by atomic mass is 16.3. The average Bonchev–Trinajstić information content (AvgIpc) is 3.39. The van der Waals surface area contributed by atoms with E-state index in [1.54, 1.807) is 0 Å². The third-order valence-corrected chi connectivity index (χ3v) is 7.83. The first-order valence-corrected chi connectivity index (χ1v) is 12.2. The zero-order chi connectivity index (χ0) is 21.9. The molecule has 0 fully saturated rings. The molecule has 0 amide bonds. The Morgan fingerprint density at radius 3 is 2.64 bits per heavy atom. The van der Waals surface area contributed by atoms with Crippen LogP contribution in [0.25, 0.3) is 23.9 Å². The first-order valence-electron chi connectivity index (χ1n) is 12.2. The molecule has 1 aromatic carbocycles. The molecule has 0 radical (unpaired) electrons. The fourth-order valence-corrected chi connectivity index (χ4v) is 6.28. The number of para-hydroxylation sites is 1. The molecule has 33 heavy (non-hydrogen) atoms. The topological polar surface area (TPSA) is 37.2 Å². The van der Waals surface area contributed by atoms with E-state index in [1.165, 1.54) is 49.9 Å². The van der Waals surface area contributed by atoms with Crippen LogP contribution >= 0.6 is 0 Å². The molecular formula is C30H28N2O. The Bertz CT molecular complexity index is 1430. The Labute approximate surface area is 194 Å². The zero-order valence-electron chi connectivity index (χ0n) is 18.7. The molecule has 2 N–H and O–H groups in total. The van der Waals surface area contributed by atoms with Crippen LogP contribution in [-0.2, 0) is 6.42 Å². The predicted molar refractivity (Wildman–Crippen MR) is 134 cm³/mol. The van der Waals surface area contributed by atoms with Gasteiger partial charge in [0.05, 0.1) is 12.1 Å². The summed E-state index contributed by atoms with van der Waals surface area (Å²) in [5.41, 5.74) is 9.75. The molecule has 1 aromatic heterocycles. The predicted octanol–water partition coefficient (Wildman–Crippen LogP) is 3.82. The van der Waals surface area contributed by atoms with Crippen molar-refractivity contribution < 1.29 is 5.11 Å². The van der Waals surface area contributed by atoms with Gasteiger partial charge in [-0.15, -0.1) is 0 Å². The number of aliphatic hydroxyl groups is 1. The summed E-state index contributed by atoms with van der Waals surface area (Å²) in [6.07, 6.45) is 22.7. The molecule has 2 heterocycles. The van der Waals surface area contributed by atoms with Gasteiger partial charge in [-0.25, -0.2) is 0 Å². The minimum atomic E-state index is -0.402. The van der Waals surface area contributed by atoms with Gasteiger partial charge in [0.1, 0.15) is 0 Å². The summed E-state index contributed by atoms with van der Waals surface area (Å²) < 4.78 is 2.42. The van der Waals surface area contributed by atoms with E-state index in [9.17, 15) is 5.11 Å². The molecule has 3 heteroatoms. The van der Waals surface area contributed by atoms with Crippen molar-refractivity contribution in [2.45, 2.75) is 44.2 Å². The first-order chi connectivity index (χ1) is 16.3. The van der Waals surface area contributed by atoms with Crippen LogP contribution in [0, 0.1) is 5.92 Å². The van der Waals surface area contributed by atoms with E-state index in [0.717, 1.165) is 25.7 Å².